The van der Waals surface area contributed by atoms with Crippen LogP contribution in [0.25, 0.3) is 22.0 Å². The lowest BCUT2D eigenvalue weighted by molar-refractivity contribution is 0.0920. The van der Waals surface area contributed by atoms with Crippen molar-refractivity contribution in [2.75, 3.05) is 24.7 Å². The molecule has 3 aromatic carbocycles. The summed E-state index contributed by atoms with van der Waals surface area (Å²) in [6, 6.07) is 10.9. The summed E-state index contributed by atoms with van der Waals surface area (Å²) in [6.45, 7) is 1.34. The number of para-hydroxylation sites is 1. The third-order valence-electron chi connectivity index (χ3n) is 7.78. The molecule has 0 bridgehead atoms. The minimum Gasteiger partial charge on any atom is -0.493 e. The largest absolute Gasteiger partial charge is 0.493 e. The minimum absolute atomic E-state index is 0.00412. The number of carbonyl (C=O) groups is 1. The lowest BCUT2D eigenvalue weighted by Crippen LogP contribution is -2.39. The lowest BCUT2D eigenvalue weighted by atomic mass is 9.97. The highest BCUT2D eigenvalue weighted by molar-refractivity contribution is 6.10. The highest BCUT2D eigenvalue weighted by Crippen LogP contribution is 2.44. The van der Waals surface area contributed by atoms with Gasteiger partial charge in [0, 0.05) is 47.3 Å². The molecule has 3 atom stereocenters. The van der Waals surface area contributed by atoms with Crippen molar-refractivity contribution in [1.29, 1.82) is 0 Å². The van der Waals surface area contributed by atoms with Gasteiger partial charge < -0.3 is 19.7 Å². The van der Waals surface area contributed by atoms with Gasteiger partial charge >= 0.3 is 0 Å². The van der Waals surface area contributed by atoms with Crippen LogP contribution in [0, 0.1) is 23.3 Å². The SMILES string of the molecule is O=C(NC1CCOc2ccccc21)c1cnc2c(-c3cc(F)cc(F)c3F)c(F)ccc2c1N1CCOC2CC21. The molecule has 0 spiro atoms. The van der Waals surface area contributed by atoms with Crippen LogP contribution in [0.15, 0.2) is 54.7 Å². The van der Waals surface area contributed by atoms with Crippen LogP contribution in [0.2, 0.25) is 0 Å². The average molecular weight is 550 g/mol. The van der Waals surface area contributed by atoms with Gasteiger partial charge in [-0.05, 0) is 30.7 Å². The lowest BCUT2D eigenvalue weighted by Gasteiger charge is -2.32. The van der Waals surface area contributed by atoms with Crippen molar-refractivity contribution < 1.29 is 31.8 Å². The van der Waals surface area contributed by atoms with Crippen LogP contribution in [0.1, 0.15) is 34.8 Å². The van der Waals surface area contributed by atoms with Gasteiger partial charge in [-0.3, -0.25) is 9.78 Å². The number of amides is 1. The highest BCUT2D eigenvalue weighted by atomic mass is 19.2. The Kier molecular flexibility index (Phi) is 5.88. The zero-order chi connectivity index (χ0) is 27.5. The number of carbonyl (C=O) groups excluding carboxylic acids is 1. The second-order valence-electron chi connectivity index (χ2n) is 10.2. The van der Waals surface area contributed by atoms with E-state index in [4.69, 9.17) is 9.47 Å². The molecule has 1 N–H and O–H groups in total. The number of pyridine rings is 1. The molecular weight excluding hydrogens is 526 g/mol. The minimum atomic E-state index is -1.44. The van der Waals surface area contributed by atoms with Gasteiger partial charge in [0.2, 0.25) is 0 Å². The molecule has 3 heterocycles. The van der Waals surface area contributed by atoms with Gasteiger partial charge in [0.1, 0.15) is 17.4 Å². The zero-order valence-electron chi connectivity index (χ0n) is 21.1. The fraction of sp³-hybridized carbons (Fsp3) is 0.267. The van der Waals surface area contributed by atoms with Crippen LogP contribution in [-0.2, 0) is 4.74 Å². The van der Waals surface area contributed by atoms with Gasteiger partial charge in [-0.15, -0.1) is 0 Å². The van der Waals surface area contributed by atoms with E-state index < -0.39 is 28.8 Å². The number of aromatic nitrogens is 1. The van der Waals surface area contributed by atoms with Gasteiger partial charge in [-0.1, -0.05) is 18.2 Å². The number of rotatable bonds is 4. The van der Waals surface area contributed by atoms with Gasteiger partial charge in [0.15, 0.2) is 11.6 Å². The summed E-state index contributed by atoms with van der Waals surface area (Å²) in [4.78, 5) is 20.2. The van der Waals surface area contributed by atoms with Gasteiger partial charge in [-0.2, -0.15) is 0 Å². The number of hydrogen-bond donors (Lipinski definition) is 1. The Balaban J connectivity index is 1.38. The molecule has 1 aliphatic carbocycles. The van der Waals surface area contributed by atoms with Crippen LogP contribution in [0.3, 0.4) is 0 Å². The Morgan fingerprint density at radius 3 is 2.75 bits per heavy atom. The Labute approximate surface area is 226 Å². The first-order valence-electron chi connectivity index (χ1n) is 13.1. The number of hydrogen-bond acceptors (Lipinski definition) is 5. The molecule has 1 saturated heterocycles. The Morgan fingerprint density at radius 2 is 1.88 bits per heavy atom. The number of morpholine rings is 1. The van der Waals surface area contributed by atoms with Gasteiger partial charge in [0.05, 0.1) is 48.2 Å². The van der Waals surface area contributed by atoms with E-state index in [1.165, 1.54) is 12.3 Å². The van der Waals surface area contributed by atoms with Gasteiger partial charge in [-0.25, -0.2) is 17.6 Å². The molecule has 204 valence electrons. The van der Waals surface area contributed by atoms with E-state index in [0.717, 1.165) is 24.1 Å². The fourth-order valence-corrected chi connectivity index (χ4v) is 5.84. The molecule has 40 heavy (non-hydrogen) atoms. The van der Waals surface area contributed by atoms with E-state index >= 15 is 4.39 Å². The van der Waals surface area contributed by atoms with E-state index in [0.29, 0.717) is 49.1 Å². The molecule has 6 nitrogen and oxygen atoms in total. The van der Waals surface area contributed by atoms with Crippen LogP contribution >= 0.6 is 0 Å². The average Bonchev–Trinajstić information content (AvgIpc) is 3.75. The maximum Gasteiger partial charge on any atom is 0.255 e. The van der Waals surface area contributed by atoms with E-state index in [2.05, 4.69) is 10.3 Å². The summed E-state index contributed by atoms with van der Waals surface area (Å²) in [6.07, 6.45) is 2.66. The molecule has 4 aromatic rings. The van der Waals surface area contributed by atoms with Crippen molar-refractivity contribution in [2.24, 2.45) is 0 Å². The summed E-state index contributed by atoms with van der Waals surface area (Å²) < 4.78 is 69.8. The molecule has 3 unspecified atom stereocenters. The zero-order valence-corrected chi connectivity index (χ0v) is 21.1. The quantitative estimate of drug-likeness (QED) is 0.262. The number of halogens is 4. The number of nitrogens with zero attached hydrogens (tertiary/aromatic N) is 2. The number of benzene rings is 3. The van der Waals surface area contributed by atoms with Crippen molar-refractivity contribution in [1.82, 2.24) is 10.3 Å². The molecule has 1 saturated carbocycles. The third-order valence-corrected chi connectivity index (χ3v) is 7.78. The number of anilines is 1. The second-order valence-corrected chi connectivity index (χ2v) is 10.2. The first kappa shape index (κ1) is 24.8. The van der Waals surface area contributed by atoms with Crippen LogP contribution in [0.4, 0.5) is 23.2 Å². The summed E-state index contributed by atoms with van der Waals surface area (Å²) in [7, 11) is 0. The molecule has 0 radical (unpaired) electrons. The summed E-state index contributed by atoms with van der Waals surface area (Å²) in [5.74, 6) is -4.44. The molecule has 2 fully saturated rings. The summed E-state index contributed by atoms with van der Waals surface area (Å²) in [5.41, 5.74) is 0.654. The summed E-state index contributed by atoms with van der Waals surface area (Å²) >= 11 is 0. The van der Waals surface area contributed by atoms with Crippen LogP contribution < -0.4 is 15.0 Å². The smallest absolute Gasteiger partial charge is 0.255 e. The van der Waals surface area contributed by atoms with Crippen LogP contribution in [0.5, 0.6) is 5.75 Å². The Hall–Kier alpha value is -4.18. The number of fused-ring (bicyclic) bond motifs is 3. The summed E-state index contributed by atoms with van der Waals surface area (Å²) in [5, 5.41) is 3.46. The molecule has 3 aliphatic rings. The first-order valence-corrected chi connectivity index (χ1v) is 13.1. The third kappa shape index (κ3) is 4.05. The van der Waals surface area contributed by atoms with Gasteiger partial charge in [0.25, 0.3) is 5.91 Å². The van der Waals surface area contributed by atoms with Crippen LogP contribution in [-0.4, -0.2) is 42.8 Å². The second kappa shape index (κ2) is 9.48. The Morgan fingerprint density at radius 1 is 1.02 bits per heavy atom. The normalized spacial score (nSPS) is 21.4. The topological polar surface area (TPSA) is 63.7 Å². The molecule has 1 amide bonds. The number of ether oxygens (including phenoxy) is 2. The van der Waals surface area contributed by atoms with Crippen molar-refractivity contribution in [3.8, 4) is 16.9 Å². The predicted molar refractivity (Wildman–Crippen MR) is 139 cm³/mol. The highest BCUT2D eigenvalue weighted by Gasteiger charge is 2.47. The first-order chi connectivity index (χ1) is 19.4. The predicted octanol–water partition coefficient (Wildman–Crippen LogP) is 5.69. The van der Waals surface area contributed by atoms with E-state index in [1.807, 2.05) is 29.2 Å². The standard InChI is InChI=1S/C30H23F4N3O3/c31-15-11-18(27(34)21(33)12-15)26-20(32)6-5-17-28(26)35-14-19(29(17)37-8-10-40-25-13-23(25)37)30(38)36-22-7-9-39-24-4-2-1-3-16(22)24/h1-6,11-12,14,22-23,25H,7-10,13H2,(H,36,38). The van der Waals surface area contributed by atoms with Crippen molar-refractivity contribution in [2.45, 2.75) is 31.0 Å². The maximum atomic E-state index is 15.2. The maximum absolute atomic E-state index is 15.2. The molecule has 1 aromatic heterocycles. The van der Waals surface area contributed by atoms with Crippen molar-refractivity contribution >= 4 is 22.5 Å². The molecule has 2 aliphatic heterocycles. The molecular formula is C30H23F4N3O3. The Bertz CT molecular complexity index is 1680. The van der Waals surface area contributed by atoms with E-state index in [-0.39, 0.29) is 40.7 Å². The number of nitrogens with one attached hydrogen (secondary N) is 1. The van der Waals surface area contributed by atoms with Crippen molar-refractivity contribution in [3.63, 3.8) is 0 Å². The fourth-order valence-electron chi connectivity index (χ4n) is 5.84. The molecule has 7 rings (SSSR count). The van der Waals surface area contributed by atoms with Crippen molar-refractivity contribution in [3.05, 3.63) is 89.1 Å². The monoisotopic (exact) mass is 549 g/mol. The van der Waals surface area contributed by atoms with E-state index in [1.54, 1.807) is 0 Å². The molecule has 10 heteroatoms. The van der Waals surface area contributed by atoms with E-state index in [9.17, 15) is 18.0 Å².